The summed E-state index contributed by atoms with van der Waals surface area (Å²) < 4.78 is 24.1. The zero-order valence-electron chi connectivity index (χ0n) is 11.5. The van der Waals surface area contributed by atoms with E-state index in [1.165, 1.54) is 12.1 Å². The largest absolute Gasteiger partial charge is 0.488 e. The highest BCUT2D eigenvalue weighted by atomic mass is 19.1. The molecule has 1 aromatic heterocycles. The van der Waals surface area contributed by atoms with Crippen molar-refractivity contribution in [3.05, 3.63) is 53.5 Å². The number of methoxy groups -OCH3 is 1. The summed E-state index contributed by atoms with van der Waals surface area (Å²) in [5.41, 5.74) is 7.27. The minimum atomic E-state index is -0.330. The summed E-state index contributed by atoms with van der Waals surface area (Å²) in [5, 5.41) is 0. The Balaban J connectivity index is 2.19. The van der Waals surface area contributed by atoms with Crippen LogP contribution < -0.4 is 15.2 Å². The lowest BCUT2D eigenvalue weighted by Crippen LogP contribution is -2.09. The van der Waals surface area contributed by atoms with Gasteiger partial charge in [-0.15, -0.1) is 0 Å². The van der Waals surface area contributed by atoms with Gasteiger partial charge in [0.15, 0.2) is 0 Å². The molecular weight excluding hydrogens is 259 g/mol. The highest BCUT2D eigenvalue weighted by Gasteiger charge is 2.11. The van der Waals surface area contributed by atoms with Crippen molar-refractivity contribution in [1.82, 2.24) is 4.98 Å². The van der Waals surface area contributed by atoms with Crippen LogP contribution in [0.1, 0.15) is 24.1 Å². The summed E-state index contributed by atoms with van der Waals surface area (Å²) in [5.74, 6) is 0.743. The average Bonchev–Trinajstić information content (AvgIpc) is 2.46. The molecular formula is C15H17FN2O2. The van der Waals surface area contributed by atoms with Crippen molar-refractivity contribution >= 4 is 0 Å². The monoisotopic (exact) mass is 276 g/mol. The van der Waals surface area contributed by atoms with Crippen molar-refractivity contribution in [2.45, 2.75) is 19.6 Å². The van der Waals surface area contributed by atoms with Gasteiger partial charge in [-0.3, -0.25) is 0 Å². The number of rotatable bonds is 5. The Hall–Kier alpha value is -2.14. The Bertz CT molecular complexity index is 588. The average molecular weight is 276 g/mol. The predicted molar refractivity (Wildman–Crippen MR) is 74.1 cm³/mol. The fraction of sp³-hybridized carbons (Fsp3) is 0.267. The molecule has 0 saturated carbocycles. The van der Waals surface area contributed by atoms with Crippen LogP contribution >= 0.6 is 0 Å². The number of benzene rings is 1. The van der Waals surface area contributed by atoms with Crippen molar-refractivity contribution < 1.29 is 13.9 Å². The molecule has 0 aliphatic rings. The Kier molecular flexibility index (Phi) is 4.53. The molecule has 0 spiro atoms. The number of hydrogen-bond donors (Lipinski definition) is 1. The molecule has 1 atom stereocenters. The number of ether oxygens (including phenoxy) is 2. The SMILES string of the molecule is COc1ncccc1COc1ccc(F)cc1[C@H](C)N. The first kappa shape index (κ1) is 14.3. The topological polar surface area (TPSA) is 57.4 Å². The smallest absolute Gasteiger partial charge is 0.219 e. The molecule has 4 nitrogen and oxygen atoms in total. The van der Waals surface area contributed by atoms with E-state index in [-0.39, 0.29) is 18.5 Å². The summed E-state index contributed by atoms with van der Waals surface area (Å²) in [6, 6.07) is 7.68. The van der Waals surface area contributed by atoms with Gasteiger partial charge in [-0.05, 0) is 37.3 Å². The fourth-order valence-electron chi connectivity index (χ4n) is 1.88. The molecule has 0 fully saturated rings. The summed E-state index contributed by atoms with van der Waals surface area (Å²) in [7, 11) is 1.55. The second-order valence-corrected chi connectivity index (χ2v) is 4.43. The lowest BCUT2D eigenvalue weighted by Gasteiger charge is -2.15. The Morgan fingerprint density at radius 2 is 2.15 bits per heavy atom. The number of nitrogens with zero attached hydrogens (tertiary/aromatic N) is 1. The van der Waals surface area contributed by atoms with Gasteiger partial charge in [0.1, 0.15) is 18.2 Å². The van der Waals surface area contributed by atoms with Crippen LogP contribution in [0.3, 0.4) is 0 Å². The third kappa shape index (κ3) is 3.24. The van der Waals surface area contributed by atoms with Crippen LogP contribution in [-0.4, -0.2) is 12.1 Å². The van der Waals surface area contributed by atoms with Crippen LogP contribution in [-0.2, 0) is 6.61 Å². The molecule has 0 bridgehead atoms. The van der Waals surface area contributed by atoms with Crippen molar-refractivity contribution in [3.8, 4) is 11.6 Å². The Morgan fingerprint density at radius 1 is 1.35 bits per heavy atom. The Morgan fingerprint density at radius 3 is 2.85 bits per heavy atom. The highest BCUT2D eigenvalue weighted by Crippen LogP contribution is 2.26. The first-order valence-corrected chi connectivity index (χ1v) is 6.27. The van der Waals surface area contributed by atoms with E-state index in [9.17, 15) is 4.39 Å². The van der Waals surface area contributed by atoms with Crippen LogP contribution in [0, 0.1) is 5.82 Å². The predicted octanol–water partition coefficient (Wildman–Crippen LogP) is 2.83. The van der Waals surface area contributed by atoms with Crippen molar-refractivity contribution in [3.63, 3.8) is 0 Å². The van der Waals surface area contributed by atoms with Gasteiger partial charge in [0, 0.05) is 17.8 Å². The first-order chi connectivity index (χ1) is 9.61. The second kappa shape index (κ2) is 6.34. The maximum Gasteiger partial charge on any atom is 0.219 e. The third-order valence-electron chi connectivity index (χ3n) is 2.89. The zero-order chi connectivity index (χ0) is 14.5. The van der Waals surface area contributed by atoms with E-state index in [0.29, 0.717) is 17.2 Å². The minimum Gasteiger partial charge on any atom is -0.488 e. The van der Waals surface area contributed by atoms with Crippen molar-refractivity contribution in [1.29, 1.82) is 0 Å². The van der Waals surface area contributed by atoms with E-state index in [1.54, 1.807) is 32.4 Å². The number of halogens is 1. The minimum absolute atomic E-state index is 0.280. The van der Waals surface area contributed by atoms with Gasteiger partial charge in [0.05, 0.1) is 12.7 Å². The molecule has 2 rings (SSSR count). The molecule has 1 heterocycles. The van der Waals surface area contributed by atoms with Crippen LogP contribution in [0.5, 0.6) is 11.6 Å². The summed E-state index contributed by atoms with van der Waals surface area (Å²) in [6.45, 7) is 2.06. The number of pyridine rings is 1. The molecule has 0 radical (unpaired) electrons. The second-order valence-electron chi connectivity index (χ2n) is 4.43. The molecule has 20 heavy (non-hydrogen) atoms. The van der Waals surface area contributed by atoms with Crippen LogP contribution in [0.2, 0.25) is 0 Å². The van der Waals surface area contributed by atoms with E-state index in [0.717, 1.165) is 5.56 Å². The molecule has 0 aliphatic heterocycles. The summed E-state index contributed by atoms with van der Waals surface area (Å²) >= 11 is 0. The van der Waals surface area contributed by atoms with Gasteiger partial charge >= 0.3 is 0 Å². The molecule has 106 valence electrons. The highest BCUT2D eigenvalue weighted by molar-refractivity contribution is 5.36. The van der Waals surface area contributed by atoms with E-state index in [4.69, 9.17) is 15.2 Å². The van der Waals surface area contributed by atoms with Gasteiger partial charge in [0.2, 0.25) is 5.88 Å². The van der Waals surface area contributed by atoms with Gasteiger partial charge in [-0.2, -0.15) is 0 Å². The molecule has 0 amide bonds. The van der Waals surface area contributed by atoms with E-state index < -0.39 is 0 Å². The molecule has 5 heteroatoms. The van der Waals surface area contributed by atoms with Gasteiger partial charge < -0.3 is 15.2 Å². The lowest BCUT2D eigenvalue weighted by molar-refractivity contribution is 0.289. The number of aromatic nitrogens is 1. The fourth-order valence-corrected chi connectivity index (χ4v) is 1.88. The van der Waals surface area contributed by atoms with E-state index in [2.05, 4.69) is 4.98 Å². The van der Waals surface area contributed by atoms with Gasteiger partial charge in [-0.1, -0.05) is 0 Å². The molecule has 0 unspecified atom stereocenters. The van der Waals surface area contributed by atoms with Crippen LogP contribution in [0.15, 0.2) is 36.5 Å². The van der Waals surface area contributed by atoms with Gasteiger partial charge in [0.25, 0.3) is 0 Å². The van der Waals surface area contributed by atoms with Crippen molar-refractivity contribution in [2.75, 3.05) is 7.11 Å². The van der Waals surface area contributed by atoms with Crippen LogP contribution in [0.4, 0.5) is 4.39 Å². The van der Waals surface area contributed by atoms with Crippen LogP contribution in [0.25, 0.3) is 0 Å². The standard InChI is InChI=1S/C15H17FN2O2/c1-10(17)13-8-12(16)5-6-14(13)20-9-11-4-3-7-18-15(11)19-2/h3-8,10H,9,17H2,1-2H3/t10-/m0/s1. The summed E-state index contributed by atoms with van der Waals surface area (Å²) in [6.07, 6.45) is 1.65. The maximum atomic E-state index is 13.2. The number of nitrogens with two attached hydrogens (primary N) is 1. The molecule has 0 saturated heterocycles. The first-order valence-electron chi connectivity index (χ1n) is 6.27. The molecule has 2 N–H and O–H groups in total. The quantitative estimate of drug-likeness (QED) is 0.912. The number of hydrogen-bond acceptors (Lipinski definition) is 4. The maximum absolute atomic E-state index is 13.2. The van der Waals surface area contributed by atoms with E-state index in [1.807, 2.05) is 6.07 Å². The third-order valence-corrected chi connectivity index (χ3v) is 2.89. The van der Waals surface area contributed by atoms with Gasteiger partial charge in [-0.25, -0.2) is 9.37 Å². The lowest BCUT2D eigenvalue weighted by atomic mass is 10.1. The van der Waals surface area contributed by atoms with Crippen molar-refractivity contribution in [2.24, 2.45) is 5.73 Å². The Labute approximate surface area is 117 Å². The molecule has 1 aromatic carbocycles. The van der Waals surface area contributed by atoms with E-state index >= 15 is 0 Å². The summed E-state index contributed by atoms with van der Waals surface area (Å²) in [4.78, 5) is 4.09. The molecule has 0 aliphatic carbocycles. The molecule has 2 aromatic rings. The zero-order valence-corrected chi connectivity index (χ0v) is 11.5. The normalized spacial score (nSPS) is 12.0.